The van der Waals surface area contributed by atoms with Crippen LogP contribution in [-0.2, 0) is 0 Å². The molecule has 142 valence electrons. The van der Waals surface area contributed by atoms with Crippen molar-refractivity contribution >= 4 is 17.8 Å². The molecule has 0 aromatic heterocycles. The number of nitrogens with zero attached hydrogens (tertiary/aromatic N) is 2. The Hall–Kier alpha value is -2.69. The van der Waals surface area contributed by atoms with Crippen molar-refractivity contribution < 1.29 is 9.18 Å². The second-order valence-corrected chi connectivity index (χ2v) is 7.66. The van der Waals surface area contributed by atoms with E-state index in [0.29, 0.717) is 5.92 Å². The smallest absolute Gasteiger partial charge is 0.274 e. The molecule has 1 aliphatic heterocycles. The van der Waals surface area contributed by atoms with E-state index in [2.05, 4.69) is 55.3 Å². The van der Waals surface area contributed by atoms with E-state index < -0.39 is 11.7 Å². The van der Waals surface area contributed by atoms with Crippen LogP contribution in [0.3, 0.4) is 0 Å². The van der Waals surface area contributed by atoms with Crippen LogP contribution in [0.15, 0.2) is 47.6 Å². The summed E-state index contributed by atoms with van der Waals surface area (Å²) in [7, 11) is 0. The van der Waals surface area contributed by atoms with Gasteiger partial charge in [0.15, 0.2) is 0 Å². The normalized spacial score (nSPS) is 18.4. The summed E-state index contributed by atoms with van der Waals surface area (Å²) in [5.74, 6) is -0.677. The molecule has 0 aliphatic carbocycles. The first-order valence-corrected chi connectivity index (χ1v) is 9.33. The fourth-order valence-corrected chi connectivity index (χ4v) is 4.06. The Morgan fingerprint density at radius 3 is 2.78 bits per heavy atom. The lowest BCUT2D eigenvalue weighted by Crippen LogP contribution is -2.48. The van der Waals surface area contributed by atoms with Gasteiger partial charge in [-0.3, -0.25) is 4.79 Å². The van der Waals surface area contributed by atoms with Gasteiger partial charge in [0.05, 0.1) is 11.8 Å². The van der Waals surface area contributed by atoms with Crippen LogP contribution in [0.5, 0.6) is 0 Å². The summed E-state index contributed by atoms with van der Waals surface area (Å²) in [5.41, 5.74) is 5.96. The van der Waals surface area contributed by atoms with Crippen LogP contribution in [0, 0.1) is 5.82 Å². The van der Waals surface area contributed by atoms with Crippen molar-refractivity contribution in [2.45, 2.75) is 45.6 Å². The van der Waals surface area contributed by atoms with Gasteiger partial charge in [0.1, 0.15) is 5.82 Å². The Balaban J connectivity index is 1.78. The maximum absolute atomic E-state index is 13.6. The fraction of sp³-hybridized carbons (Fsp3) is 0.364. The van der Waals surface area contributed by atoms with Crippen molar-refractivity contribution in [2.24, 2.45) is 5.10 Å². The second-order valence-electron chi connectivity index (χ2n) is 7.66. The van der Waals surface area contributed by atoms with Crippen molar-refractivity contribution in [2.75, 3.05) is 11.4 Å². The van der Waals surface area contributed by atoms with Gasteiger partial charge in [-0.15, -0.1) is 0 Å². The van der Waals surface area contributed by atoms with Gasteiger partial charge in [-0.1, -0.05) is 25.1 Å². The van der Waals surface area contributed by atoms with Crippen molar-refractivity contribution in [3.05, 3.63) is 65.0 Å². The Kier molecular flexibility index (Phi) is 5.31. The van der Waals surface area contributed by atoms with Gasteiger partial charge in [-0.2, -0.15) is 5.10 Å². The number of fused-ring (bicyclic) bond motifs is 1. The number of hydrazone groups is 1. The summed E-state index contributed by atoms with van der Waals surface area (Å²) in [4.78, 5) is 14.5. The van der Waals surface area contributed by atoms with Gasteiger partial charge in [0.2, 0.25) is 0 Å². The van der Waals surface area contributed by atoms with Crippen molar-refractivity contribution in [3.63, 3.8) is 0 Å². The first kappa shape index (κ1) is 19.1. The summed E-state index contributed by atoms with van der Waals surface area (Å²) < 4.78 is 13.6. The largest absolute Gasteiger partial charge is 0.366 e. The van der Waals surface area contributed by atoms with Crippen LogP contribution < -0.4 is 10.3 Å². The maximum Gasteiger partial charge on any atom is 0.274 e. The second kappa shape index (κ2) is 7.51. The standard InChI is InChI=1S/C22H26FN3O/c1-5-26-20-11-10-16(12-18(20)15(2)13-22(26,3)4)14-24-25-21(27)17-8-6-7-9-19(17)23/h6-12,14-15H,5,13H2,1-4H3,(H,25,27)/b24-14-/t15-/m1/s1. The zero-order valence-corrected chi connectivity index (χ0v) is 16.3. The molecule has 0 saturated carbocycles. The number of carbonyl (C=O) groups is 1. The lowest BCUT2D eigenvalue weighted by molar-refractivity contribution is 0.0951. The van der Waals surface area contributed by atoms with Gasteiger partial charge in [-0.05, 0) is 68.5 Å². The lowest BCUT2D eigenvalue weighted by atomic mass is 9.79. The first-order valence-electron chi connectivity index (χ1n) is 9.33. The van der Waals surface area contributed by atoms with Crippen LogP contribution in [0.4, 0.5) is 10.1 Å². The molecule has 1 heterocycles. The molecule has 4 nitrogen and oxygen atoms in total. The summed E-state index contributed by atoms with van der Waals surface area (Å²) in [6.45, 7) is 9.94. The van der Waals surface area contributed by atoms with Crippen molar-refractivity contribution in [1.82, 2.24) is 5.43 Å². The molecular formula is C22H26FN3O. The molecule has 1 atom stereocenters. The number of nitrogens with one attached hydrogen (secondary N) is 1. The molecule has 1 N–H and O–H groups in total. The molecule has 1 amide bonds. The number of benzene rings is 2. The van der Waals surface area contributed by atoms with E-state index in [4.69, 9.17) is 0 Å². The number of amides is 1. The number of halogens is 1. The predicted molar refractivity (Wildman–Crippen MR) is 108 cm³/mol. The SMILES string of the molecule is CCN1c2ccc(/C=N\NC(=O)c3ccccc3F)cc2[C@H](C)CC1(C)C. The number of carbonyl (C=O) groups excluding carboxylic acids is 1. The molecule has 3 rings (SSSR count). The van der Waals surface area contributed by atoms with E-state index in [1.807, 2.05) is 6.07 Å². The highest BCUT2D eigenvalue weighted by Crippen LogP contribution is 2.43. The highest BCUT2D eigenvalue weighted by molar-refractivity contribution is 5.95. The molecule has 2 aromatic rings. The van der Waals surface area contributed by atoms with E-state index >= 15 is 0 Å². The monoisotopic (exact) mass is 367 g/mol. The van der Waals surface area contributed by atoms with E-state index in [1.165, 1.54) is 23.4 Å². The Morgan fingerprint density at radius 2 is 2.07 bits per heavy atom. The molecule has 0 unspecified atom stereocenters. The van der Waals surface area contributed by atoms with Gasteiger partial charge in [0.25, 0.3) is 5.91 Å². The summed E-state index contributed by atoms with van der Waals surface area (Å²) >= 11 is 0. The highest BCUT2D eigenvalue weighted by Gasteiger charge is 2.35. The van der Waals surface area contributed by atoms with E-state index in [-0.39, 0.29) is 11.1 Å². The third kappa shape index (κ3) is 3.87. The number of rotatable bonds is 4. The molecule has 0 spiro atoms. The van der Waals surface area contributed by atoms with Crippen LogP contribution in [0.25, 0.3) is 0 Å². The van der Waals surface area contributed by atoms with Crippen LogP contribution >= 0.6 is 0 Å². The summed E-state index contributed by atoms with van der Waals surface area (Å²) in [5, 5.41) is 4.00. The molecule has 27 heavy (non-hydrogen) atoms. The topological polar surface area (TPSA) is 44.7 Å². The van der Waals surface area contributed by atoms with Crippen LogP contribution in [0.2, 0.25) is 0 Å². The van der Waals surface area contributed by atoms with E-state index in [9.17, 15) is 9.18 Å². The highest BCUT2D eigenvalue weighted by atomic mass is 19.1. The number of hydrogen-bond acceptors (Lipinski definition) is 3. The third-order valence-corrected chi connectivity index (χ3v) is 5.22. The Bertz CT molecular complexity index is 876. The average Bonchev–Trinajstić information content (AvgIpc) is 2.62. The van der Waals surface area contributed by atoms with Gasteiger partial charge in [0, 0.05) is 17.8 Å². The quantitative estimate of drug-likeness (QED) is 0.629. The average molecular weight is 367 g/mol. The molecular weight excluding hydrogens is 341 g/mol. The minimum atomic E-state index is -0.561. The maximum atomic E-state index is 13.6. The minimum Gasteiger partial charge on any atom is -0.366 e. The van der Waals surface area contributed by atoms with Crippen molar-refractivity contribution in [3.8, 4) is 0 Å². The van der Waals surface area contributed by atoms with Gasteiger partial charge in [-0.25, -0.2) is 9.82 Å². The predicted octanol–water partition coefficient (Wildman–Crippen LogP) is 4.70. The Labute approximate surface area is 160 Å². The molecule has 1 aliphatic rings. The minimum absolute atomic E-state index is 0.0190. The van der Waals surface area contributed by atoms with Gasteiger partial charge >= 0.3 is 0 Å². The zero-order chi connectivity index (χ0) is 19.6. The Morgan fingerprint density at radius 1 is 1.33 bits per heavy atom. The van der Waals surface area contributed by atoms with Crippen LogP contribution in [-0.4, -0.2) is 24.2 Å². The summed E-state index contributed by atoms with van der Waals surface area (Å²) in [6.07, 6.45) is 2.68. The first-order chi connectivity index (χ1) is 12.8. The summed E-state index contributed by atoms with van der Waals surface area (Å²) in [6, 6.07) is 12.1. The van der Waals surface area contributed by atoms with E-state index in [1.54, 1.807) is 18.3 Å². The molecule has 0 radical (unpaired) electrons. The molecule has 0 fully saturated rings. The van der Waals surface area contributed by atoms with Crippen LogP contribution in [0.1, 0.15) is 61.5 Å². The fourth-order valence-electron chi connectivity index (χ4n) is 4.06. The number of anilines is 1. The third-order valence-electron chi connectivity index (χ3n) is 5.22. The molecule has 5 heteroatoms. The van der Waals surface area contributed by atoms with Gasteiger partial charge < -0.3 is 4.90 Å². The lowest BCUT2D eigenvalue weighted by Gasteiger charge is -2.47. The zero-order valence-electron chi connectivity index (χ0n) is 16.3. The molecule has 0 saturated heterocycles. The van der Waals surface area contributed by atoms with E-state index in [0.717, 1.165) is 18.5 Å². The van der Waals surface area contributed by atoms with Crippen molar-refractivity contribution in [1.29, 1.82) is 0 Å². The molecule has 0 bridgehead atoms. The molecule has 2 aromatic carbocycles. The number of hydrogen-bond donors (Lipinski definition) is 1.